The lowest BCUT2D eigenvalue weighted by Crippen LogP contribution is -2.20. The van der Waals surface area contributed by atoms with Gasteiger partial charge in [-0.15, -0.1) is 0 Å². The van der Waals surface area contributed by atoms with Crippen molar-refractivity contribution in [2.24, 2.45) is 0 Å². The quantitative estimate of drug-likeness (QED) is 0.798. The molecule has 1 aromatic carbocycles. The number of para-hydroxylation sites is 1. The molecule has 7 heteroatoms. The molecule has 1 heterocycles. The molecule has 3 N–H and O–H groups in total. The minimum Gasteiger partial charge on any atom is -0.478 e. The van der Waals surface area contributed by atoms with E-state index in [1.54, 1.807) is 24.3 Å². The van der Waals surface area contributed by atoms with Crippen molar-refractivity contribution in [3.63, 3.8) is 0 Å². The first-order valence-electron chi connectivity index (χ1n) is 5.85. The summed E-state index contributed by atoms with van der Waals surface area (Å²) < 4.78 is 0. The van der Waals surface area contributed by atoms with Crippen molar-refractivity contribution in [3.05, 3.63) is 53.9 Å². The van der Waals surface area contributed by atoms with Gasteiger partial charge in [0.1, 0.15) is 6.07 Å². The zero-order chi connectivity index (χ0) is 15.2. The molecule has 0 radical (unpaired) electrons. The van der Waals surface area contributed by atoms with Crippen LogP contribution in [0.3, 0.4) is 0 Å². The maximum Gasteiger partial charge on any atom is 0.337 e. The Balaban J connectivity index is 2.10. The van der Waals surface area contributed by atoms with E-state index < -0.39 is 12.0 Å². The zero-order valence-electron chi connectivity index (χ0n) is 10.7. The molecule has 0 aliphatic heterocycles. The maximum absolute atomic E-state index is 11.8. The zero-order valence-corrected chi connectivity index (χ0v) is 10.7. The van der Waals surface area contributed by atoms with Crippen LogP contribution >= 0.6 is 0 Å². The van der Waals surface area contributed by atoms with E-state index >= 15 is 0 Å². The van der Waals surface area contributed by atoms with Crippen LogP contribution in [-0.4, -0.2) is 22.1 Å². The molecule has 0 bridgehead atoms. The topological polar surface area (TPSA) is 115 Å². The molecule has 21 heavy (non-hydrogen) atoms. The van der Waals surface area contributed by atoms with E-state index in [1.165, 1.54) is 18.5 Å². The number of carboxylic acid groups (broad SMARTS) is 1. The lowest BCUT2D eigenvalue weighted by atomic mass is 10.2. The highest BCUT2D eigenvalue weighted by atomic mass is 16.4. The molecule has 0 saturated carbocycles. The number of hydrogen-bond donors (Lipinski definition) is 3. The van der Waals surface area contributed by atoms with E-state index in [1.807, 2.05) is 6.07 Å². The van der Waals surface area contributed by atoms with Crippen LogP contribution in [0.4, 0.5) is 16.2 Å². The highest BCUT2D eigenvalue weighted by Crippen LogP contribution is 2.14. The van der Waals surface area contributed by atoms with Crippen LogP contribution in [0.5, 0.6) is 0 Å². The first-order chi connectivity index (χ1) is 10.1. The van der Waals surface area contributed by atoms with Crippen molar-refractivity contribution in [3.8, 4) is 6.07 Å². The SMILES string of the molecule is N#Cc1ccccc1NC(=O)Nc1cncc(C(=O)O)c1. The monoisotopic (exact) mass is 282 g/mol. The minimum absolute atomic E-state index is 0.0368. The summed E-state index contributed by atoms with van der Waals surface area (Å²) >= 11 is 0. The maximum atomic E-state index is 11.8. The Bertz CT molecular complexity index is 737. The number of aromatic carboxylic acids is 1. The molecule has 0 atom stereocenters. The Morgan fingerprint density at radius 2 is 1.95 bits per heavy atom. The van der Waals surface area contributed by atoms with Gasteiger partial charge in [-0.05, 0) is 18.2 Å². The van der Waals surface area contributed by atoms with E-state index in [-0.39, 0.29) is 11.3 Å². The fourth-order valence-electron chi connectivity index (χ4n) is 1.60. The van der Waals surface area contributed by atoms with Crippen molar-refractivity contribution in [1.29, 1.82) is 5.26 Å². The molecule has 0 saturated heterocycles. The fourth-order valence-corrected chi connectivity index (χ4v) is 1.60. The smallest absolute Gasteiger partial charge is 0.337 e. The van der Waals surface area contributed by atoms with Gasteiger partial charge >= 0.3 is 12.0 Å². The molecular weight excluding hydrogens is 272 g/mol. The lowest BCUT2D eigenvalue weighted by Gasteiger charge is -2.08. The summed E-state index contributed by atoms with van der Waals surface area (Å²) in [5.74, 6) is -1.14. The summed E-state index contributed by atoms with van der Waals surface area (Å²) in [7, 11) is 0. The number of amides is 2. The van der Waals surface area contributed by atoms with Crippen LogP contribution in [0.2, 0.25) is 0 Å². The molecule has 2 amide bonds. The number of hydrogen-bond acceptors (Lipinski definition) is 4. The number of carboxylic acids is 1. The first-order valence-corrected chi connectivity index (χ1v) is 5.85. The number of carbonyl (C=O) groups excluding carboxylic acids is 1. The van der Waals surface area contributed by atoms with E-state index in [4.69, 9.17) is 10.4 Å². The molecular formula is C14H10N4O3. The summed E-state index contributed by atoms with van der Waals surface area (Å²) in [5.41, 5.74) is 0.886. The van der Waals surface area contributed by atoms with E-state index in [0.29, 0.717) is 11.3 Å². The second kappa shape index (κ2) is 6.16. The summed E-state index contributed by atoms with van der Waals surface area (Å²) in [6, 6.07) is 9.17. The minimum atomic E-state index is -1.14. The Kier molecular flexibility index (Phi) is 4.11. The Labute approximate surface area is 119 Å². The third-order valence-electron chi connectivity index (χ3n) is 2.54. The number of rotatable bonds is 3. The van der Waals surface area contributed by atoms with Crippen molar-refractivity contribution >= 4 is 23.4 Å². The van der Waals surface area contributed by atoms with Gasteiger partial charge in [-0.1, -0.05) is 12.1 Å². The predicted octanol–water partition coefficient (Wildman–Crippen LogP) is 2.30. The van der Waals surface area contributed by atoms with Gasteiger partial charge in [0, 0.05) is 6.20 Å². The average molecular weight is 282 g/mol. The Hall–Kier alpha value is -3.40. The van der Waals surface area contributed by atoms with Gasteiger partial charge in [-0.3, -0.25) is 4.98 Å². The molecule has 2 rings (SSSR count). The van der Waals surface area contributed by atoms with Crippen molar-refractivity contribution in [2.75, 3.05) is 10.6 Å². The molecule has 0 unspecified atom stereocenters. The van der Waals surface area contributed by atoms with E-state index in [0.717, 1.165) is 0 Å². The highest BCUT2D eigenvalue weighted by molar-refractivity contribution is 6.01. The van der Waals surface area contributed by atoms with Crippen molar-refractivity contribution < 1.29 is 14.7 Å². The van der Waals surface area contributed by atoms with Gasteiger partial charge in [-0.25, -0.2) is 9.59 Å². The number of aromatic nitrogens is 1. The number of nitrogens with zero attached hydrogens (tertiary/aromatic N) is 2. The number of carbonyl (C=O) groups is 2. The van der Waals surface area contributed by atoms with E-state index in [9.17, 15) is 9.59 Å². The number of urea groups is 1. The van der Waals surface area contributed by atoms with Gasteiger partial charge < -0.3 is 15.7 Å². The molecule has 1 aromatic heterocycles. The van der Waals surface area contributed by atoms with Crippen molar-refractivity contribution in [1.82, 2.24) is 4.98 Å². The van der Waals surface area contributed by atoms with Gasteiger partial charge in [0.15, 0.2) is 0 Å². The lowest BCUT2D eigenvalue weighted by molar-refractivity contribution is 0.0696. The van der Waals surface area contributed by atoms with Gasteiger partial charge in [0.05, 0.1) is 28.7 Å². The molecule has 7 nitrogen and oxygen atoms in total. The Morgan fingerprint density at radius 3 is 2.67 bits per heavy atom. The normalized spacial score (nSPS) is 9.48. The molecule has 2 aromatic rings. The van der Waals surface area contributed by atoms with Gasteiger partial charge in [-0.2, -0.15) is 5.26 Å². The van der Waals surface area contributed by atoms with Crippen LogP contribution in [0.25, 0.3) is 0 Å². The largest absolute Gasteiger partial charge is 0.478 e. The molecule has 0 aliphatic rings. The number of pyridine rings is 1. The number of nitriles is 1. The van der Waals surface area contributed by atoms with Crippen LogP contribution in [0, 0.1) is 11.3 Å². The predicted molar refractivity (Wildman–Crippen MR) is 75.0 cm³/mol. The molecule has 0 spiro atoms. The Morgan fingerprint density at radius 1 is 1.19 bits per heavy atom. The van der Waals surface area contributed by atoms with Crippen LogP contribution in [0.1, 0.15) is 15.9 Å². The van der Waals surface area contributed by atoms with Gasteiger partial charge in [0.25, 0.3) is 0 Å². The van der Waals surface area contributed by atoms with Crippen molar-refractivity contribution in [2.45, 2.75) is 0 Å². The molecule has 0 aliphatic carbocycles. The number of anilines is 2. The molecule has 0 fully saturated rings. The first kappa shape index (κ1) is 14.0. The summed E-state index contributed by atoms with van der Waals surface area (Å²) in [4.78, 5) is 26.4. The number of nitrogens with one attached hydrogen (secondary N) is 2. The number of benzene rings is 1. The second-order valence-electron chi connectivity index (χ2n) is 4.00. The standard InChI is InChI=1S/C14H10N4O3/c15-6-9-3-1-2-4-12(9)18-14(21)17-11-5-10(13(19)20)7-16-8-11/h1-5,7-8H,(H,19,20)(H2,17,18,21). The van der Waals surface area contributed by atoms with Crippen LogP contribution < -0.4 is 10.6 Å². The third kappa shape index (κ3) is 3.54. The summed E-state index contributed by atoms with van der Waals surface area (Å²) in [6.45, 7) is 0. The second-order valence-corrected chi connectivity index (χ2v) is 4.00. The highest BCUT2D eigenvalue weighted by Gasteiger charge is 2.08. The van der Waals surface area contributed by atoms with Crippen LogP contribution in [0.15, 0.2) is 42.7 Å². The summed E-state index contributed by atoms with van der Waals surface area (Å²) in [6.07, 6.45) is 2.50. The average Bonchev–Trinajstić information content (AvgIpc) is 2.48. The fraction of sp³-hybridized carbons (Fsp3) is 0. The summed E-state index contributed by atoms with van der Waals surface area (Å²) in [5, 5.41) is 22.7. The van der Waals surface area contributed by atoms with Crippen LogP contribution in [-0.2, 0) is 0 Å². The van der Waals surface area contributed by atoms with Gasteiger partial charge in [0.2, 0.25) is 0 Å². The third-order valence-corrected chi connectivity index (χ3v) is 2.54. The molecule has 104 valence electrons. The van der Waals surface area contributed by atoms with E-state index in [2.05, 4.69) is 15.6 Å².